The van der Waals surface area contributed by atoms with Gasteiger partial charge >= 0.3 is 6.03 Å². The second-order valence-electron chi connectivity index (χ2n) is 9.00. The Hall–Kier alpha value is -2.03. The number of aliphatic hydroxyl groups is 1. The van der Waals surface area contributed by atoms with Crippen molar-refractivity contribution in [2.45, 2.75) is 63.6 Å². The van der Waals surface area contributed by atoms with Crippen LogP contribution in [-0.4, -0.2) is 65.3 Å². The molecule has 2 saturated heterocycles. The number of amides is 2. The first-order valence-corrected chi connectivity index (χ1v) is 11.1. The van der Waals surface area contributed by atoms with Gasteiger partial charge in [-0.2, -0.15) is 0 Å². The fourth-order valence-electron chi connectivity index (χ4n) is 4.66. The third-order valence-electron chi connectivity index (χ3n) is 6.36. The number of benzene rings is 1. The zero-order valence-corrected chi connectivity index (χ0v) is 17.6. The third-order valence-corrected chi connectivity index (χ3v) is 6.36. The van der Waals surface area contributed by atoms with Gasteiger partial charge in [0.05, 0.1) is 6.61 Å². The summed E-state index contributed by atoms with van der Waals surface area (Å²) in [6.07, 6.45) is 4.54. The van der Waals surface area contributed by atoms with Crippen molar-refractivity contribution in [1.82, 2.24) is 15.1 Å². The lowest BCUT2D eigenvalue weighted by atomic mass is 9.74. The Morgan fingerprint density at radius 1 is 1.21 bits per heavy atom. The normalized spacial score (nSPS) is 27.2. The topological polar surface area (TPSA) is 55.8 Å². The molecule has 0 bridgehead atoms. The van der Waals surface area contributed by atoms with Gasteiger partial charge in [0.1, 0.15) is 0 Å². The van der Waals surface area contributed by atoms with Crippen LogP contribution < -0.4 is 5.32 Å². The van der Waals surface area contributed by atoms with Crippen molar-refractivity contribution in [3.05, 3.63) is 35.4 Å². The third kappa shape index (κ3) is 4.60. The molecule has 0 unspecified atom stereocenters. The molecule has 3 aliphatic rings. The largest absolute Gasteiger partial charge is 0.395 e. The molecule has 5 heteroatoms. The number of hydrogen-bond donors (Lipinski definition) is 2. The first-order valence-electron chi connectivity index (χ1n) is 11.1. The molecule has 0 spiro atoms. The molecule has 2 amide bonds. The van der Waals surface area contributed by atoms with Gasteiger partial charge in [0.15, 0.2) is 0 Å². The first kappa shape index (κ1) is 20.3. The summed E-state index contributed by atoms with van der Waals surface area (Å²) in [7, 11) is 0. The zero-order chi connectivity index (χ0) is 20.4. The molecule has 29 heavy (non-hydrogen) atoms. The van der Waals surface area contributed by atoms with Crippen molar-refractivity contribution < 1.29 is 9.90 Å². The van der Waals surface area contributed by atoms with E-state index in [0.717, 1.165) is 31.5 Å². The van der Waals surface area contributed by atoms with Crippen LogP contribution in [-0.2, 0) is 0 Å². The minimum atomic E-state index is 0.0266. The lowest BCUT2D eigenvalue weighted by Gasteiger charge is -2.57. The monoisotopic (exact) mass is 395 g/mol. The number of urea groups is 1. The molecule has 0 radical (unpaired) electrons. The van der Waals surface area contributed by atoms with Crippen LogP contribution in [0.3, 0.4) is 0 Å². The van der Waals surface area contributed by atoms with Crippen molar-refractivity contribution in [2.75, 3.05) is 26.2 Å². The average Bonchev–Trinajstić information content (AvgIpc) is 3.50. The molecule has 1 aliphatic carbocycles. The summed E-state index contributed by atoms with van der Waals surface area (Å²) in [5, 5.41) is 13.1. The number of nitrogens with zero attached hydrogens (tertiary/aromatic N) is 2. The van der Waals surface area contributed by atoms with Gasteiger partial charge in [-0.3, -0.25) is 4.90 Å². The van der Waals surface area contributed by atoms with Crippen LogP contribution in [0, 0.1) is 17.8 Å². The Kier molecular flexibility index (Phi) is 6.12. The van der Waals surface area contributed by atoms with E-state index in [1.165, 1.54) is 18.4 Å². The fraction of sp³-hybridized carbons (Fsp3) is 0.625. The standard InChI is InChI=1S/C24H33N3O2/c1-17(2)25-24(29)26-13-3-4-14-27-21(15-26)23(22(27)16-28)20-11-9-19(10-12-20)8-7-18-5-6-18/h9-12,17-18,21-23,28H,3-6,13-16H2,1-2H3,(H,25,29)/t21-,22-,23-/m0/s1. The minimum absolute atomic E-state index is 0.0266. The number of fused-ring (bicyclic) bond motifs is 1. The predicted molar refractivity (Wildman–Crippen MR) is 115 cm³/mol. The average molecular weight is 396 g/mol. The van der Waals surface area contributed by atoms with Gasteiger partial charge in [-0.25, -0.2) is 4.79 Å². The van der Waals surface area contributed by atoms with E-state index in [0.29, 0.717) is 12.5 Å². The molecule has 3 atom stereocenters. The van der Waals surface area contributed by atoms with Crippen LogP contribution in [0.1, 0.15) is 56.6 Å². The van der Waals surface area contributed by atoms with Gasteiger partial charge in [0.2, 0.25) is 0 Å². The molecule has 5 nitrogen and oxygen atoms in total. The van der Waals surface area contributed by atoms with E-state index in [9.17, 15) is 9.90 Å². The van der Waals surface area contributed by atoms with Crippen molar-refractivity contribution >= 4 is 6.03 Å². The highest BCUT2D eigenvalue weighted by molar-refractivity contribution is 5.74. The lowest BCUT2D eigenvalue weighted by Crippen LogP contribution is -2.68. The highest BCUT2D eigenvalue weighted by atomic mass is 16.3. The second-order valence-corrected chi connectivity index (χ2v) is 9.00. The first-order chi connectivity index (χ1) is 14.1. The van der Waals surface area contributed by atoms with Crippen molar-refractivity contribution in [2.24, 2.45) is 5.92 Å². The van der Waals surface area contributed by atoms with E-state index >= 15 is 0 Å². The minimum Gasteiger partial charge on any atom is -0.395 e. The molecule has 1 aromatic rings. The number of carbonyl (C=O) groups is 1. The molecule has 4 rings (SSSR count). The van der Waals surface area contributed by atoms with Gasteiger partial charge in [0.25, 0.3) is 0 Å². The predicted octanol–water partition coefficient (Wildman–Crippen LogP) is 2.79. The quantitative estimate of drug-likeness (QED) is 0.774. The molecule has 2 heterocycles. The molecule has 1 saturated carbocycles. The molecule has 3 fully saturated rings. The molecular weight excluding hydrogens is 362 g/mol. The zero-order valence-electron chi connectivity index (χ0n) is 17.6. The van der Waals surface area contributed by atoms with Crippen LogP contribution in [0.2, 0.25) is 0 Å². The van der Waals surface area contributed by atoms with Crippen LogP contribution in [0.5, 0.6) is 0 Å². The van der Waals surface area contributed by atoms with Gasteiger partial charge in [-0.1, -0.05) is 24.0 Å². The van der Waals surface area contributed by atoms with E-state index in [1.54, 1.807) is 0 Å². The van der Waals surface area contributed by atoms with E-state index in [2.05, 4.69) is 46.3 Å². The summed E-state index contributed by atoms with van der Waals surface area (Å²) in [6.45, 7) is 6.66. The second kappa shape index (κ2) is 8.77. The van der Waals surface area contributed by atoms with E-state index in [-0.39, 0.29) is 36.7 Å². The Balaban J connectivity index is 1.50. The number of rotatable bonds is 3. The number of aliphatic hydroxyl groups excluding tert-OH is 1. The summed E-state index contributed by atoms with van der Waals surface area (Å²) in [4.78, 5) is 17.0. The van der Waals surface area contributed by atoms with Crippen molar-refractivity contribution in [3.8, 4) is 11.8 Å². The van der Waals surface area contributed by atoms with Gasteiger partial charge in [0, 0.05) is 48.6 Å². The van der Waals surface area contributed by atoms with E-state index in [1.807, 2.05) is 18.7 Å². The fourth-order valence-corrected chi connectivity index (χ4v) is 4.66. The molecule has 2 N–H and O–H groups in total. The van der Waals surface area contributed by atoms with Crippen molar-refractivity contribution in [3.63, 3.8) is 0 Å². The molecule has 156 valence electrons. The summed E-state index contributed by atoms with van der Waals surface area (Å²) in [5.74, 6) is 7.44. The highest BCUT2D eigenvalue weighted by Crippen LogP contribution is 2.42. The Bertz CT molecular complexity index is 776. The maximum atomic E-state index is 12.7. The van der Waals surface area contributed by atoms with Gasteiger partial charge in [-0.15, -0.1) is 0 Å². The number of nitrogens with one attached hydrogen (secondary N) is 1. The molecule has 2 aliphatic heterocycles. The molecular formula is C24H33N3O2. The Morgan fingerprint density at radius 3 is 2.59 bits per heavy atom. The van der Waals surface area contributed by atoms with E-state index in [4.69, 9.17) is 0 Å². The smallest absolute Gasteiger partial charge is 0.317 e. The maximum Gasteiger partial charge on any atom is 0.317 e. The summed E-state index contributed by atoms with van der Waals surface area (Å²) < 4.78 is 0. The van der Waals surface area contributed by atoms with Crippen LogP contribution in [0.4, 0.5) is 4.79 Å². The molecule has 0 aromatic heterocycles. The van der Waals surface area contributed by atoms with Crippen LogP contribution in [0.15, 0.2) is 24.3 Å². The number of hydrogen-bond acceptors (Lipinski definition) is 3. The van der Waals surface area contributed by atoms with Gasteiger partial charge < -0.3 is 15.3 Å². The Morgan fingerprint density at radius 2 is 1.93 bits per heavy atom. The van der Waals surface area contributed by atoms with E-state index < -0.39 is 0 Å². The number of carbonyl (C=O) groups excluding carboxylic acids is 1. The highest BCUT2D eigenvalue weighted by Gasteiger charge is 2.49. The summed E-state index contributed by atoms with van der Waals surface area (Å²) >= 11 is 0. The van der Waals surface area contributed by atoms with Crippen molar-refractivity contribution in [1.29, 1.82) is 0 Å². The SMILES string of the molecule is CC(C)NC(=O)N1CCCCN2[C@@H](CO)[C@@H](c3ccc(C#CC4CC4)cc3)[C@@H]2C1. The Labute approximate surface area is 174 Å². The summed E-state index contributed by atoms with van der Waals surface area (Å²) in [6, 6.07) is 9.10. The maximum absolute atomic E-state index is 12.7. The van der Waals surface area contributed by atoms with Crippen LogP contribution >= 0.6 is 0 Å². The summed E-state index contributed by atoms with van der Waals surface area (Å²) in [5.41, 5.74) is 2.31. The molecule has 1 aromatic carbocycles. The van der Waals surface area contributed by atoms with Gasteiger partial charge in [-0.05, 0) is 63.8 Å². The lowest BCUT2D eigenvalue weighted by molar-refractivity contribution is -0.0591. The van der Waals surface area contributed by atoms with Crippen LogP contribution in [0.25, 0.3) is 0 Å².